The minimum Gasteiger partial charge on any atom is -0.483 e. The number of aromatic nitrogens is 1. The van der Waals surface area contributed by atoms with Crippen molar-refractivity contribution in [1.29, 1.82) is 0 Å². The van der Waals surface area contributed by atoms with Crippen LogP contribution in [0.3, 0.4) is 0 Å². The number of hydrogen-bond acceptors (Lipinski definition) is 8. The van der Waals surface area contributed by atoms with Gasteiger partial charge in [0.2, 0.25) is 11.3 Å². The van der Waals surface area contributed by atoms with E-state index in [4.69, 9.17) is 14.3 Å². The van der Waals surface area contributed by atoms with Crippen molar-refractivity contribution in [3.05, 3.63) is 98.7 Å². The van der Waals surface area contributed by atoms with Crippen molar-refractivity contribution in [2.75, 3.05) is 13.7 Å². The Bertz CT molecular complexity index is 1840. The number of methoxy groups -OCH3 is 1. The van der Waals surface area contributed by atoms with E-state index in [0.29, 0.717) is 36.4 Å². The largest absolute Gasteiger partial charge is 0.483 e. The van der Waals surface area contributed by atoms with Gasteiger partial charge in [-0.05, 0) is 25.3 Å². The molecule has 0 radical (unpaired) electrons. The quantitative estimate of drug-likeness (QED) is 0.411. The van der Waals surface area contributed by atoms with Gasteiger partial charge in [-0.25, -0.2) is 22.9 Å². The molecule has 1 spiro atoms. The normalized spacial score (nSPS) is 21.4. The van der Waals surface area contributed by atoms with Crippen LogP contribution in [-0.4, -0.2) is 68.6 Å². The van der Waals surface area contributed by atoms with Gasteiger partial charge in [0.05, 0.1) is 26.1 Å². The van der Waals surface area contributed by atoms with E-state index in [-0.39, 0.29) is 36.2 Å². The lowest BCUT2D eigenvalue weighted by Gasteiger charge is -2.42. The second-order valence-electron chi connectivity index (χ2n) is 11.6. The molecule has 4 heterocycles. The fraction of sp³-hybridized carbons (Fsp3) is 0.344. The fourth-order valence-electron chi connectivity index (χ4n) is 6.28. The molecule has 1 fully saturated rings. The van der Waals surface area contributed by atoms with Gasteiger partial charge in [-0.3, -0.25) is 14.4 Å². The van der Waals surface area contributed by atoms with Crippen molar-refractivity contribution < 1.29 is 47.0 Å². The number of ether oxygens (including phenoxy) is 2. The Hall–Kier alpha value is -5.34. The predicted molar refractivity (Wildman–Crippen MR) is 157 cm³/mol. The van der Waals surface area contributed by atoms with E-state index in [0.717, 1.165) is 6.20 Å². The van der Waals surface area contributed by atoms with Gasteiger partial charge < -0.3 is 28.9 Å². The number of amides is 3. The number of halogens is 3. The molecular formula is C32H29F3N4O8. The lowest BCUT2D eigenvalue weighted by Crippen LogP contribution is -2.52. The number of nitrogens with zero attached hydrogens (tertiary/aromatic N) is 4. The Morgan fingerprint density at radius 1 is 1.15 bits per heavy atom. The summed E-state index contributed by atoms with van der Waals surface area (Å²) in [4.78, 5) is 61.9. The number of carboxylic acid groups (broad SMARTS) is 1. The molecule has 47 heavy (non-hydrogen) atoms. The van der Waals surface area contributed by atoms with Gasteiger partial charge in [-0.15, -0.1) is 0 Å². The molecule has 0 unspecified atom stereocenters. The molecule has 0 aliphatic carbocycles. The molecule has 3 aliphatic rings. The van der Waals surface area contributed by atoms with E-state index in [1.807, 2.05) is 6.92 Å². The minimum absolute atomic E-state index is 0.0319. The first-order valence-electron chi connectivity index (χ1n) is 14.7. The third kappa shape index (κ3) is 5.55. The summed E-state index contributed by atoms with van der Waals surface area (Å²) in [5.74, 6) is -6.32. The summed E-state index contributed by atoms with van der Waals surface area (Å²) in [6, 6.07) is 8.32. The summed E-state index contributed by atoms with van der Waals surface area (Å²) in [7, 11) is 1.43. The Morgan fingerprint density at radius 2 is 1.85 bits per heavy atom. The maximum absolute atomic E-state index is 14.5. The molecule has 3 aromatic rings. The molecule has 1 N–H and O–H groups in total. The van der Waals surface area contributed by atoms with E-state index >= 15 is 0 Å². The van der Waals surface area contributed by atoms with Crippen LogP contribution >= 0.6 is 0 Å². The summed E-state index contributed by atoms with van der Waals surface area (Å²) >= 11 is 0. The fourth-order valence-corrected chi connectivity index (χ4v) is 6.28. The molecule has 3 atom stereocenters. The van der Waals surface area contributed by atoms with E-state index in [9.17, 15) is 37.5 Å². The van der Waals surface area contributed by atoms with Gasteiger partial charge >= 0.3 is 6.09 Å². The van der Waals surface area contributed by atoms with E-state index in [1.165, 1.54) is 11.7 Å². The van der Waals surface area contributed by atoms with Crippen LogP contribution in [-0.2, 0) is 22.7 Å². The summed E-state index contributed by atoms with van der Waals surface area (Å²) in [6.45, 7) is 0.569. The van der Waals surface area contributed by atoms with Gasteiger partial charge in [-0.2, -0.15) is 0 Å². The number of imide groups is 1. The summed E-state index contributed by atoms with van der Waals surface area (Å²) < 4.78 is 55.3. The van der Waals surface area contributed by atoms with E-state index in [2.05, 4.69) is 5.16 Å². The first-order valence-corrected chi connectivity index (χ1v) is 14.7. The lowest BCUT2D eigenvalue weighted by molar-refractivity contribution is -0.0656. The number of hydrogen-bond donors (Lipinski definition) is 1. The van der Waals surface area contributed by atoms with Crippen LogP contribution in [0, 0.1) is 17.5 Å². The maximum Gasteiger partial charge on any atom is 0.414 e. The Labute approximate surface area is 265 Å². The van der Waals surface area contributed by atoms with Crippen LogP contribution in [0.25, 0.3) is 0 Å². The van der Waals surface area contributed by atoms with Crippen molar-refractivity contribution in [3.63, 3.8) is 0 Å². The number of pyridine rings is 1. The van der Waals surface area contributed by atoms with Crippen molar-refractivity contribution in [3.8, 4) is 5.75 Å². The summed E-state index contributed by atoms with van der Waals surface area (Å²) in [5.41, 5.74) is -3.41. The molecule has 3 aliphatic heterocycles. The zero-order valence-electron chi connectivity index (χ0n) is 25.2. The number of carbonyl (C=O) groups excluding carboxylic acids is 2. The van der Waals surface area contributed by atoms with Gasteiger partial charge in [0.25, 0.3) is 11.8 Å². The highest BCUT2D eigenvalue weighted by Crippen LogP contribution is 2.46. The monoisotopic (exact) mass is 654 g/mol. The highest BCUT2D eigenvalue weighted by molar-refractivity contribution is 6.04. The Balaban J connectivity index is 1.52. The average Bonchev–Trinajstić information content (AvgIpc) is 3.42. The number of rotatable bonds is 6. The second kappa shape index (κ2) is 12.1. The SMILES string of the molecule is COC1=NO[C@@]2(CC[C@H](C)N3C[C@H]2n2cc(C(=O)N(Cc4c(F)cc(F)cc4F)C(=O)O)c(=O)c(OCc4ccccc4)c2C3=O)C1. The highest BCUT2D eigenvalue weighted by Gasteiger charge is 2.55. The molecule has 3 amide bonds. The van der Waals surface area contributed by atoms with Gasteiger partial charge in [0.1, 0.15) is 29.6 Å². The third-order valence-corrected chi connectivity index (χ3v) is 8.86. The molecule has 6 rings (SSSR count). The minimum atomic E-state index is -1.94. The van der Waals surface area contributed by atoms with Crippen molar-refractivity contribution in [2.45, 2.75) is 57.0 Å². The number of benzene rings is 2. The van der Waals surface area contributed by atoms with Crippen molar-refractivity contribution in [2.24, 2.45) is 5.16 Å². The van der Waals surface area contributed by atoms with Crippen LogP contribution in [0.4, 0.5) is 18.0 Å². The predicted octanol–water partition coefficient (Wildman–Crippen LogP) is 4.46. The summed E-state index contributed by atoms with van der Waals surface area (Å²) in [5, 5.41) is 14.0. The van der Waals surface area contributed by atoms with Crippen LogP contribution < -0.4 is 10.2 Å². The topological polar surface area (TPSA) is 140 Å². The van der Waals surface area contributed by atoms with Gasteiger partial charge in [-0.1, -0.05) is 35.5 Å². The van der Waals surface area contributed by atoms with Crippen LogP contribution in [0.5, 0.6) is 5.75 Å². The molecule has 246 valence electrons. The van der Waals surface area contributed by atoms with Gasteiger partial charge in [0, 0.05) is 36.5 Å². The van der Waals surface area contributed by atoms with Crippen LogP contribution in [0.1, 0.15) is 64.2 Å². The first kappa shape index (κ1) is 31.6. The molecular weight excluding hydrogens is 625 g/mol. The molecule has 2 aromatic carbocycles. The zero-order chi connectivity index (χ0) is 33.6. The second-order valence-corrected chi connectivity index (χ2v) is 11.6. The van der Waals surface area contributed by atoms with E-state index in [1.54, 1.807) is 35.2 Å². The Kier molecular flexibility index (Phi) is 8.15. The summed E-state index contributed by atoms with van der Waals surface area (Å²) in [6.07, 6.45) is 0.211. The van der Waals surface area contributed by atoms with Crippen molar-refractivity contribution in [1.82, 2.24) is 14.4 Å². The van der Waals surface area contributed by atoms with Crippen molar-refractivity contribution >= 4 is 23.8 Å². The molecule has 12 nitrogen and oxygen atoms in total. The molecule has 15 heteroatoms. The van der Waals surface area contributed by atoms with Crippen LogP contribution in [0.15, 0.2) is 58.6 Å². The molecule has 2 bridgehead atoms. The average molecular weight is 655 g/mol. The number of carbonyl (C=O) groups is 3. The van der Waals surface area contributed by atoms with Crippen LogP contribution in [0.2, 0.25) is 0 Å². The maximum atomic E-state index is 14.5. The number of oxime groups is 1. The molecule has 1 saturated heterocycles. The lowest BCUT2D eigenvalue weighted by atomic mass is 9.85. The first-order chi connectivity index (χ1) is 22.4. The zero-order valence-corrected chi connectivity index (χ0v) is 25.2. The molecule has 1 aromatic heterocycles. The highest BCUT2D eigenvalue weighted by atomic mass is 19.1. The Morgan fingerprint density at radius 3 is 2.49 bits per heavy atom. The third-order valence-electron chi connectivity index (χ3n) is 8.86. The number of fused-ring (bicyclic) bond motifs is 5. The smallest absolute Gasteiger partial charge is 0.414 e. The standard InChI is InChI=1S/C32H29F3N4O8/c1-17-8-9-32(12-25(45-2)36-47-32)24-15-37(17)30(42)26-28(46-16-18-6-4-3-5-7-18)27(40)21(14-38(24)26)29(41)39(31(43)44)13-20-22(34)10-19(33)11-23(20)35/h3-7,10-11,14,17,24H,8-9,12-13,15-16H2,1-2H3,(H,43,44)/t17-,24+,32-/m0/s1. The molecule has 0 saturated carbocycles. The van der Waals surface area contributed by atoms with Gasteiger partial charge in [0.15, 0.2) is 17.0 Å². The van der Waals surface area contributed by atoms with E-state index < -0.39 is 75.9 Å².